The van der Waals surface area contributed by atoms with Crippen LogP contribution < -0.4 is 0 Å². The van der Waals surface area contributed by atoms with Crippen molar-refractivity contribution in [3.63, 3.8) is 0 Å². The standard InChI is InChI=1S/C8H18O.Bi/c1-3-5-7-9-8-6-4-2;/h3-8H2,1-2H3;. The number of unbranched alkanes of at least 4 members (excludes halogenated alkanes) is 2. The smallest absolute Gasteiger partial charge is 0.0465 e. The predicted molar refractivity (Wildman–Crippen MR) is 46.4 cm³/mol. The summed E-state index contributed by atoms with van der Waals surface area (Å²) in [5.74, 6) is 0. The number of hydrogen-bond donors (Lipinski definition) is 0. The van der Waals surface area contributed by atoms with Gasteiger partial charge in [-0.05, 0) is 12.8 Å². The molecule has 0 bridgehead atoms. The summed E-state index contributed by atoms with van der Waals surface area (Å²) in [6, 6.07) is 0. The monoisotopic (exact) mass is 339 g/mol. The molecule has 0 amide bonds. The van der Waals surface area contributed by atoms with Crippen LogP contribution in [0.3, 0.4) is 0 Å². The van der Waals surface area contributed by atoms with Gasteiger partial charge in [0.1, 0.15) is 0 Å². The SMILES string of the molecule is CCCCOCCCC.[Bi]. The van der Waals surface area contributed by atoms with Crippen LogP contribution in [0.1, 0.15) is 39.5 Å². The summed E-state index contributed by atoms with van der Waals surface area (Å²) >= 11 is 0. The maximum atomic E-state index is 5.31. The molecule has 0 atom stereocenters. The minimum absolute atomic E-state index is 0. The zero-order chi connectivity index (χ0) is 6.95. The van der Waals surface area contributed by atoms with Gasteiger partial charge in [0.2, 0.25) is 0 Å². The van der Waals surface area contributed by atoms with Crippen LogP contribution in [0.15, 0.2) is 0 Å². The van der Waals surface area contributed by atoms with Gasteiger partial charge in [-0.1, -0.05) is 26.7 Å². The van der Waals surface area contributed by atoms with E-state index in [4.69, 9.17) is 4.74 Å². The van der Waals surface area contributed by atoms with Crippen LogP contribution >= 0.6 is 0 Å². The van der Waals surface area contributed by atoms with Gasteiger partial charge >= 0.3 is 0 Å². The Morgan fingerprint density at radius 3 is 1.60 bits per heavy atom. The molecule has 2 heteroatoms. The molecule has 0 heterocycles. The van der Waals surface area contributed by atoms with E-state index >= 15 is 0 Å². The van der Waals surface area contributed by atoms with E-state index in [-0.39, 0.29) is 26.2 Å². The zero-order valence-electron chi connectivity index (χ0n) is 7.10. The summed E-state index contributed by atoms with van der Waals surface area (Å²) in [5, 5.41) is 0. The average Bonchev–Trinajstić information content (AvgIpc) is 1.89. The second kappa shape index (κ2) is 12.5. The van der Waals surface area contributed by atoms with Crippen LogP contribution in [0.2, 0.25) is 0 Å². The molecule has 0 aliphatic carbocycles. The predicted octanol–water partition coefficient (Wildman–Crippen LogP) is 2.22. The van der Waals surface area contributed by atoms with Crippen LogP contribution in [0.5, 0.6) is 0 Å². The Morgan fingerprint density at radius 1 is 0.900 bits per heavy atom. The van der Waals surface area contributed by atoms with Gasteiger partial charge in [-0.15, -0.1) is 0 Å². The quantitative estimate of drug-likeness (QED) is 0.533. The first kappa shape index (κ1) is 13.4. The molecule has 0 spiro atoms. The summed E-state index contributed by atoms with van der Waals surface area (Å²) in [4.78, 5) is 0. The molecule has 0 saturated carbocycles. The largest absolute Gasteiger partial charge is 0.381 e. The summed E-state index contributed by atoms with van der Waals surface area (Å²) < 4.78 is 5.31. The van der Waals surface area contributed by atoms with Gasteiger partial charge in [0.15, 0.2) is 0 Å². The van der Waals surface area contributed by atoms with E-state index in [1.54, 1.807) is 0 Å². The molecule has 0 aromatic heterocycles. The fourth-order valence-corrected chi connectivity index (χ4v) is 0.595. The van der Waals surface area contributed by atoms with Crippen molar-refractivity contribution in [2.24, 2.45) is 0 Å². The molecule has 1 nitrogen and oxygen atoms in total. The van der Waals surface area contributed by atoms with Crippen LogP contribution in [0, 0.1) is 0 Å². The summed E-state index contributed by atoms with van der Waals surface area (Å²) in [7, 11) is 0. The van der Waals surface area contributed by atoms with E-state index in [1.165, 1.54) is 25.7 Å². The summed E-state index contributed by atoms with van der Waals surface area (Å²) in [5.41, 5.74) is 0. The Bertz CT molecular complexity index is 42.5. The molecular weight excluding hydrogens is 321 g/mol. The van der Waals surface area contributed by atoms with Gasteiger partial charge in [0.05, 0.1) is 0 Å². The normalized spacial score (nSPS) is 9.00. The van der Waals surface area contributed by atoms with E-state index in [2.05, 4.69) is 13.8 Å². The molecule has 0 rings (SSSR count). The molecule has 0 saturated heterocycles. The van der Waals surface area contributed by atoms with Crippen molar-refractivity contribution in [2.45, 2.75) is 39.5 Å². The fraction of sp³-hybridized carbons (Fsp3) is 1.00. The van der Waals surface area contributed by atoms with Gasteiger partial charge < -0.3 is 4.74 Å². The van der Waals surface area contributed by atoms with Gasteiger partial charge in [0, 0.05) is 39.4 Å². The van der Waals surface area contributed by atoms with E-state index in [9.17, 15) is 0 Å². The Kier molecular flexibility index (Phi) is 16.8. The van der Waals surface area contributed by atoms with Crippen molar-refractivity contribution in [1.29, 1.82) is 0 Å². The van der Waals surface area contributed by atoms with Crippen LogP contribution in [-0.2, 0) is 4.74 Å². The van der Waals surface area contributed by atoms with Crippen molar-refractivity contribution >= 4 is 26.2 Å². The molecule has 0 aromatic rings. The topological polar surface area (TPSA) is 9.23 Å². The molecule has 0 aromatic carbocycles. The Labute approximate surface area is 83.7 Å². The van der Waals surface area contributed by atoms with Crippen molar-refractivity contribution in [1.82, 2.24) is 0 Å². The molecular formula is C8H18BiO. The van der Waals surface area contributed by atoms with E-state index in [0.717, 1.165) is 13.2 Å². The molecule has 3 radical (unpaired) electrons. The molecule has 0 N–H and O–H groups in total. The first-order chi connectivity index (χ1) is 4.41. The fourth-order valence-electron chi connectivity index (χ4n) is 0.595. The first-order valence-corrected chi connectivity index (χ1v) is 3.99. The maximum Gasteiger partial charge on any atom is 0.0465 e. The van der Waals surface area contributed by atoms with Crippen molar-refractivity contribution in [2.75, 3.05) is 13.2 Å². The number of rotatable bonds is 6. The molecule has 0 fully saturated rings. The van der Waals surface area contributed by atoms with Crippen molar-refractivity contribution in [3.8, 4) is 0 Å². The number of hydrogen-bond acceptors (Lipinski definition) is 1. The van der Waals surface area contributed by atoms with Gasteiger partial charge in [-0.25, -0.2) is 0 Å². The first-order valence-electron chi connectivity index (χ1n) is 3.99. The van der Waals surface area contributed by atoms with Crippen LogP contribution in [0.4, 0.5) is 0 Å². The maximum absolute atomic E-state index is 5.31. The molecule has 61 valence electrons. The minimum Gasteiger partial charge on any atom is -0.381 e. The van der Waals surface area contributed by atoms with E-state index in [1.807, 2.05) is 0 Å². The average molecular weight is 339 g/mol. The van der Waals surface area contributed by atoms with Gasteiger partial charge in [-0.3, -0.25) is 0 Å². The van der Waals surface area contributed by atoms with Crippen molar-refractivity contribution < 1.29 is 4.74 Å². The van der Waals surface area contributed by atoms with Crippen molar-refractivity contribution in [3.05, 3.63) is 0 Å². The number of ether oxygens (including phenoxy) is 1. The molecule has 0 unspecified atom stereocenters. The second-order valence-electron chi connectivity index (χ2n) is 2.32. The summed E-state index contributed by atoms with van der Waals surface area (Å²) in [6.45, 7) is 6.28. The summed E-state index contributed by atoms with van der Waals surface area (Å²) in [6.07, 6.45) is 4.91. The van der Waals surface area contributed by atoms with Gasteiger partial charge in [0.25, 0.3) is 0 Å². The third-order valence-electron chi connectivity index (χ3n) is 1.28. The second-order valence-corrected chi connectivity index (χ2v) is 2.32. The molecule has 10 heavy (non-hydrogen) atoms. The van der Waals surface area contributed by atoms with E-state index < -0.39 is 0 Å². The molecule has 0 aliphatic heterocycles. The zero-order valence-corrected chi connectivity index (χ0v) is 10.6. The third kappa shape index (κ3) is 11.6. The van der Waals surface area contributed by atoms with Crippen LogP contribution in [0.25, 0.3) is 0 Å². The Balaban J connectivity index is 0. The Hall–Kier alpha value is 0.843. The molecule has 0 aliphatic rings. The van der Waals surface area contributed by atoms with Gasteiger partial charge in [-0.2, -0.15) is 0 Å². The van der Waals surface area contributed by atoms with Crippen LogP contribution in [-0.4, -0.2) is 39.4 Å². The van der Waals surface area contributed by atoms with E-state index in [0.29, 0.717) is 0 Å². The third-order valence-corrected chi connectivity index (χ3v) is 1.28. The Morgan fingerprint density at radius 2 is 1.30 bits per heavy atom. The minimum atomic E-state index is 0.